The molecule has 0 radical (unpaired) electrons. The number of anilines is 1. The Labute approximate surface area is 219 Å². The van der Waals surface area contributed by atoms with Gasteiger partial charge in [0.15, 0.2) is 0 Å². The summed E-state index contributed by atoms with van der Waals surface area (Å²) in [6, 6.07) is 7.95. The smallest absolute Gasteiger partial charge is 0.352 e. The third kappa shape index (κ3) is 7.68. The predicted octanol–water partition coefficient (Wildman–Crippen LogP) is 4.48. The molecule has 0 spiro atoms. The molecule has 1 saturated carbocycles. The zero-order valence-corrected chi connectivity index (χ0v) is 22.0. The molecule has 0 unspecified atom stereocenters. The van der Waals surface area contributed by atoms with Crippen molar-refractivity contribution in [2.75, 3.05) is 17.1 Å². The number of benzene rings is 2. The number of amides is 2. The summed E-state index contributed by atoms with van der Waals surface area (Å²) >= 11 is 0. The molecule has 0 heterocycles. The molecule has 2 aromatic carbocycles. The lowest BCUT2D eigenvalue weighted by atomic mass is 10.1. The second-order valence-corrected chi connectivity index (χ2v) is 11.3. The van der Waals surface area contributed by atoms with E-state index in [1.807, 2.05) is 0 Å². The van der Waals surface area contributed by atoms with E-state index in [1.165, 1.54) is 29.2 Å². The fourth-order valence-electron chi connectivity index (χ4n) is 4.52. The van der Waals surface area contributed by atoms with Crippen LogP contribution in [-0.2, 0) is 32.3 Å². The lowest BCUT2D eigenvalue weighted by Crippen LogP contribution is -2.53. The Morgan fingerprint density at radius 2 is 1.71 bits per heavy atom. The fourth-order valence-corrected chi connectivity index (χ4v) is 5.37. The molecule has 7 nitrogen and oxygen atoms in total. The van der Waals surface area contributed by atoms with Crippen LogP contribution < -0.4 is 9.62 Å². The minimum atomic E-state index is -4.72. The molecule has 1 fully saturated rings. The zero-order chi connectivity index (χ0) is 28.1. The highest BCUT2D eigenvalue weighted by Crippen LogP contribution is 2.32. The van der Waals surface area contributed by atoms with Crippen molar-refractivity contribution in [1.29, 1.82) is 0 Å². The topological polar surface area (TPSA) is 86.8 Å². The van der Waals surface area contributed by atoms with Gasteiger partial charge in [0.2, 0.25) is 21.8 Å². The highest BCUT2D eigenvalue weighted by molar-refractivity contribution is 7.92. The number of halogens is 4. The van der Waals surface area contributed by atoms with E-state index in [2.05, 4.69) is 5.32 Å². The van der Waals surface area contributed by atoms with Crippen LogP contribution in [0.4, 0.5) is 23.2 Å². The normalized spacial score (nSPS) is 15.2. The molecule has 0 aliphatic heterocycles. The van der Waals surface area contributed by atoms with Crippen LogP contribution in [-0.4, -0.2) is 50.0 Å². The van der Waals surface area contributed by atoms with E-state index in [1.54, 1.807) is 6.92 Å². The van der Waals surface area contributed by atoms with Crippen molar-refractivity contribution in [2.45, 2.75) is 63.8 Å². The Bertz CT molecular complexity index is 1230. The van der Waals surface area contributed by atoms with Crippen LogP contribution in [0, 0.1) is 5.82 Å². The van der Waals surface area contributed by atoms with Gasteiger partial charge in [0.1, 0.15) is 18.4 Å². The van der Waals surface area contributed by atoms with Gasteiger partial charge in [-0.05, 0) is 55.2 Å². The van der Waals surface area contributed by atoms with Gasteiger partial charge in [-0.15, -0.1) is 0 Å². The molecule has 1 aliphatic carbocycles. The first kappa shape index (κ1) is 29.4. The van der Waals surface area contributed by atoms with E-state index >= 15 is 0 Å². The van der Waals surface area contributed by atoms with Crippen LogP contribution in [0.2, 0.25) is 0 Å². The molecule has 3 rings (SSSR count). The van der Waals surface area contributed by atoms with Crippen LogP contribution in [0.15, 0.2) is 48.5 Å². The van der Waals surface area contributed by atoms with E-state index in [4.69, 9.17) is 0 Å². The van der Waals surface area contributed by atoms with Crippen molar-refractivity contribution >= 4 is 27.5 Å². The summed E-state index contributed by atoms with van der Waals surface area (Å²) in [6.45, 7) is 0.745. The number of nitrogens with one attached hydrogen (secondary N) is 1. The maximum atomic E-state index is 13.6. The van der Waals surface area contributed by atoms with Gasteiger partial charge in [0.05, 0.1) is 17.5 Å². The SMILES string of the molecule is CC[C@@H](C(=O)NC1CCCC1)N(Cc1ccc(F)cc1)C(=O)CN(c1cccc(C(F)(F)F)c1)S(C)(=O)=O. The highest BCUT2D eigenvalue weighted by Gasteiger charge is 2.35. The maximum Gasteiger partial charge on any atom is 0.416 e. The van der Waals surface area contributed by atoms with Crippen LogP contribution in [0.3, 0.4) is 0 Å². The largest absolute Gasteiger partial charge is 0.416 e. The lowest BCUT2D eigenvalue weighted by molar-refractivity contribution is -0.140. The molecule has 1 N–H and O–H groups in total. The molecule has 0 aromatic heterocycles. The molecule has 208 valence electrons. The molecule has 0 saturated heterocycles. The Hall–Kier alpha value is -3.15. The number of alkyl halides is 3. The Morgan fingerprint density at radius 3 is 2.26 bits per heavy atom. The van der Waals surface area contributed by atoms with Crippen molar-refractivity contribution in [3.05, 3.63) is 65.5 Å². The van der Waals surface area contributed by atoms with Gasteiger partial charge in [0.25, 0.3) is 0 Å². The minimum absolute atomic E-state index is 0.0306. The third-order valence-corrected chi connectivity index (χ3v) is 7.63. The van der Waals surface area contributed by atoms with Crippen LogP contribution in [0.1, 0.15) is 50.2 Å². The van der Waals surface area contributed by atoms with Gasteiger partial charge in [-0.2, -0.15) is 13.2 Å². The number of sulfonamides is 1. The van der Waals surface area contributed by atoms with Gasteiger partial charge in [-0.3, -0.25) is 13.9 Å². The molecule has 2 amide bonds. The Balaban J connectivity index is 1.95. The highest BCUT2D eigenvalue weighted by atomic mass is 32.2. The van der Waals surface area contributed by atoms with Gasteiger partial charge in [0, 0.05) is 12.6 Å². The molecular weight excluding hydrogens is 526 g/mol. The number of carbonyl (C=O) groups is 2. The van der Waals surface area contributed by atoms with Gasteiger partial charge >= 0.3 is 6.18 Å². The maximum absolute atomic E-state index is 13.6. The molecule has 2 aromatic rings. The van der Waals surface area contributed by atoms with E-state index < -0.39 is 52.0 Å². The predicted molar refractivity (Wildman–Crippen MR) is 135 cm³/mol. The summed E-state index contributed by atoms with van der Waals surface area (Å²) in [7, 11) is -4.19. The third-order valence-electron chi connectivity index (χ3n) is 6.49. The molecule has 1 aliphatic rings. The first-order valence-electron chi connectivity index (χ1n) is 12.3. The van der Waals surface area contributed by atoms with Crippen molar-refractivity contribution in [3.8, 4) is 0 Å². The molecule has 38 heavy (non-hydrogen) atoms. The first-order chi connectivity index (χ1) is 17.8. The summed E-state index contributed by atoms with van der Waals surface area (Å²) in [5.74, 6) is -1.68. The van der Waals surface area contributed by atoms with E-state index in [0.717, 1.165) is 50.1 Å². The van der Waals surface area contributed by atoms with Crippen molar-refractivity contribution in [1.82, 2.24) is 10.2 Å². The monoisotopic (exact) mass is 557 g/mol. The summed E-state index contributed by atoms with van der Waals surface area (Å²) in [6.07, 6.45) is -0.163. The molecule has 12 heteroatoms. The van der Waals surface area contributed by atoms with Crippen LogP contribution in [0.25, 0.3) is 0 Å². The lowest BCUT2D eigenvalue weighted by Gasteiger charge is -2.33. The summed E-state index contributed by atoms with van der Waals surface area (Å²) in [4.78, 5) is 28.0. The zero-order valence-electron chi connectivity index (χ0n) is 21.2. The average Bonchev–Trinajstić information content (AvgIpc) is 3.35. The van der Waals surface area contributed by atoms with E-state index in [9.17, 15) is 35.6 Å². The number of nitrogens with zero attached hydrogens (tertiary/aromatic N) is 2. The number of carbonyl (C=O) groups excluding carboxylic acids is 2. The summed E-state index contributed by atoms with van der Waals surface area (Å²) in [5.41, 5.74) is -0.903. The number of rotatable bonds is 10. The van der Waals surface area contributed by atoms with E-state index in [-0.39, 0.29) is 24.7 Å². The van der Waals surface area contributed by atoms with E-state index in [0.29, 0.717) is 15.9 Å². The Morgan fingerprint density at radius 1 is 1.08 bits per heavy atom. The second kappa shape index (κ2) is 12.1. The van der Waals surface area contributed by atoms with Crippen LogP contribution in [0.5, 0.6) is 0 Å². The summed E-state index contributed by atoms with van der Waals surface area (Å²) in [5, 5.41) is 2.95. The van der Waals surface area contributed by atoms with Crippen molar-refractivity contribution in [3.63, 3.8) is 0 Å². The number of hydrogen-bond donors (Lipinski definition) is 1. The fraction of sp³-hybridized carbons (Fsp3) is 0.462. The average molecular weight is 558 g/mol. The standard InChI is InChI=1S/C26H31F4N3O4S/c1-3-23(25(35)31-21-8-4-5-9-21)32(16-18-11-13-20(27)14-12-18)24(34)17-33(38(2,36)37)22-10-6-7-19(15-22)26(28,29)30/h6-7,10-15,21,23H,3-5,8-9,16-17H2,1-2H3,(H,31,35)/t23-/m0/s1. The Kier molecular flexibility index (Phi) is 9.40. The van der Waals surface area contributed by atoms with Crippen molar-refractivity contribution in [2.24, 2.45) is 0 Å². The number of hydrogen-bond acceptors (Lipinski definition) is 4. The second-order valence-electron chi connectivity index (χ2n) is 9.38. The summed E-state index contributed by atoms with van der Waals surface area (Å²) < 4.78 is 79.1. The molecule has 0 bridgehead atoms. The minimum Gasteiger partial charge on any atom is -0.352 e. The van der Waals surface area contributed by atoms with Gasteiger partial charge in [-0.1, -0.05) is 38.0 Å². The van der Waals surface area contributed by atoms with Crippen molar-refractivity contribution < 1.29 is 35.6 Å². The van der Waals surface area contributed by atoms with Gasteiger partial charge < -0.3 is 10.2 Å². The first-order valence-corrected chi connectivity index (χ1v) is 14.1. The van der Waals surface area contributed by atoms with Crippen LogP contribution >= 0.6 is 0 Å². The molecular formula is C26H31F4N3O4S. The molecule has 1 atom stereocenters. The quantitative estimate of drug-likeness (QED) is 0.437. The van der Waals surface area contributed by atoms with Gasteiger partial charge in [-0.25, -0.2) is 12.8 Å².